The molecule has 1 N–H and O–H groups in total. The highest BCUT2D eigenvalue weighted by atomic mass is 16.5. The lowest BCUT2D eigenvalue weighted by Crippen LogP contribution is -2.48. The van der Waals surface area contributed by atoms with Crippen molar-refractivity contribution < 1.29 is 14.3 Å². The third-order valence-electron chi connectivity index (χ3n) is 7.91. The number of aliphatic imine (C=N–C) groups is 1. The highest BCUT2D eigenvalue weighted by molar-refractivity contribution is 5.92. The first-order valence-corrected chi connectivity index (χ1v) is 14.1. The fourth-order valence-electron chi connectivity index (χ4n) is 5.51. The van der Waals surface area contributed by atoms with Gasteiger partial charge in [0.1, 0.15) is 36.2 Å². The molecule has 0 unspecified atom stereocenters. The van der Waals surface area contributed by atoms with Gasteiger partial charge >= 0.3 is 0 Å². The molecule has 1 amide bonds. The summed E-state index contributed by atoms with van der Waals surface area (Å²) in [5.41, 5.74) is 4.01. The number of aromatic nitrogens is 6. The average Bonchev–Trinajstić information content (AvgIpc) is 3.65. The number of rotatable bonds is 7. The second kappa shape index (κ2) is 10.8. The SMILES string of the molecule is C=CC(=O)N1CCC2(CC1)CN=C(Cc1ccc3ncnc(Nc4ccc(Oc5cc6nncn6cn5)c(C)c4)c3c1)O2. The van der Waals surface area contributed by atoms with Gasteiger partial charge in [-0.1, -0.05) is 12.6 Å². The Bertz CT molecular complexity index is 1890. The maximum atomic E-state index is 12.0. The minimum Gasteiger partial charge on any atom is -0.472 e. The van der Waals surface area contributed by atoms with E-state index >= 15 is 0 Å². The summed E-state index contributed by atoms with van der Waals surface area (Å²) in [7, 11) is 0. The second-order valence-corrected chi connectivity index (χ2v) is 10.8. The van der Waals surface area contributed by atoms with Gasteiger partial charge in [-0.15, -0.1) is 10.2 Å². The number of fused-ring (bicyclic) bond motifs is 2. The zero-order valence-corrected chi connectivity index (χ0v) is 23.6. The molecule has 1 spiro atoms. The normalized spacial score (nSPS) is 15.8. The second-order valence-electron chi connectivity index (χ2n) is 10.8. The first-order valence-electron chi connectivity index (χ1n) is 14.1. The number of hydrogen-bond acceptors (Lipinski definition) is 10. The van der Waals surface area contributed by atoms with E-state index in [-0.39, 0.29) is 11.5 Å². The largest absolute Gasteiger partial charge is 0.472 e. The van der Waals surface area contributed by atoms with Crippen LogP contribution < -0.4 is 10.1 Å². The number of nitrogens with zero attached hydrogens (tertiary/aromatic N) is 8. The molecule has 0 bridgehead atoms. The van der Waals surface area contributed by atoms with Crippen LogP contribution in [0.15, 0.2) is 79.1 Å². The van der Waals surface area contributed by atoms with Crippen molar-refractivity contribution in [3.8, 4) is 11.6 Å². The summed E-state index contributed by atoms with van der Waals surface area (Å²) < 4.78 is 14.1. The standard InChI is InChI=1S/C31H29N9O3/c1-3-29(41)39-10-8-31(9-11-39)16-32-28(43-31)14-21-4-6-24-23(13-21)30(34-17-33-24)37-22-5-7-25(20(2)12-22)42-27-15-26-38-36-19-40(26)18-35-27/h3-7,12-13,15,17-19H,1,8-11,14,16H2,2H3,(H,33,34,37). The summed E-state index contributed by atoms with van der Waals surface area (Å²) in [4.78, 5) is 31.8. The summed E-state index contributed by atoms with van der Waals surface area (Å²) in [6.45, 7) is 7.49. The van der Waals surface area contributed by atoms with E-state index < -0.39 is 0 Å². The van der Waals surface area contributed by atoms with E-state index in [2.05, 4.69) is 43.1 Å². The molecule has 1 fully saturated rings. The Hall–Kier alpha value is -5.39. The van der Waals surface area contributed by atoms with Gasteiger partial charge in [0, 0.05) is 49.5 Å². The Balaban J connectivity index is 1.04. The molecule has 2 aliphatic heterocycles. The minimum absolute atomic E-state index is 0.0323. The smallest absolute Gasteiger partial charge is 0.245 e. The number of ether oxygens (including phenoxy) is 2. The Morgan fingerprint density at radius 1 is 1.12 bits per heavy atom. The summed E-state index contributed by atoms with van der Waals surface area (Å²) in [6.07, 6.45) is 8.22. The molecule has 12 nitrogen and oxygen atoms in total. The van der Waals surface area contributed by atoms with Crippen molar-refractivity contribution in [2.75, 3.05) is 25.0 Å². The molecule has 3 aromatic heterocycles. The van der Waals surface area contributed by atoms with Crippen LogP contribution >= 0.6 is 0 Å². The van der Waals surface area contributed by atoms with Crippen molar-refractivity contribution in [3.63, 3.8) is 0 Å². The lowest BCUT2D eigenvalue weighted by atomic mass is 9.91. The maximum Gasteiger partial charge on any atom is 0.245 e. The van der Waals surface area contributed by atoms with E-state index in [0.717, 1.165) is 46.5 Å². The summed E-state index contributed by atoms with van der Waals surface area (Å²) in [5, 5.41) is 12.2. The molecule has 1 saturated heterocycles. The van der Waals surface area contributed by atoms with Gasteiger partial charge in [0.25, 0.3) is 0 Å². The highest BCUT2D eigenvalue weighted by Gasteiger charge is 2.41. The first-order chi connectivity index (χ1) is 21.0. The van der Waals surface area contributed by atoms with Gasteiger partial charge in [0.2, 0.25) is 11.8 Å². The van der Waals surface area contributed by atoms with Crippen molar-refractivity contribution in [2.45, 2.75) is 31.8 Å². The van der Waals surface area contributed by atoms with E-state index in [0.29, 0.717) is 49.1 Å². The zero-order chi connectivity index (χ0) is 29.4. The number of aryl methyl sites for hydroxylation is 1. The van der Waals surface area contributed by atoms with Crippen LogP contribution in [0, 0.1) is 6.92 Å². The van der Waals surface area contributed by atoms with Crippen LogP contribution in [0.1, 0.15) is 24.0 Å². The predicted molar refractivity (Wildman–Crippen MR) is 161 cm³/mol. The van der Waals surface area contributed by atoms with Crippen molar-refractivity contribution in [2.24, 2.45) is 4.99 Å². The summed E-state index contributed by atoms with van der Waals surface area (Å²) >= 11 is 0. The highest BCUT2D eigenvalue weighted by Crippen LogP contribution is 2.33. The van der Waals surface area contributed by atoms with Gasteiger partial charge in [-0.05, 0) is 54.5 Å². The third-order valence-corrected chi connectivity index (χ3v) is 7.91. The Morgan fingerprint density at radius 2 is 2.00 bits per heavy atom. The molecule has 0 aliphatic carbocycles. The zero-order valence-electron chi connectivity index (χ0n) is 23.6. The molecule has 0 saturated carbocycles. The number of likely N-dealkylation sites (tertiary alicyclic amines) is 1. The average molecular weight is 576 g/mol. The fraction of sp³-hybridized carbons (Fsp3) is 0.258. The van der Waals surface area contributed by atoms with E-state index in [1.807, 2.05) is 42.2 Å². The molecule has 43 heavy (non-hydrogen) atoms. The Morgan fingerprint density at radius 3 is 2.84 bits per heavy atom. The van der Waals surface area contributed by atoms with E-state index in [4.69, 9.17) is 14.5 Å². The number of piperidine rings is 1. The number of carbonyl (C=O) groups is 1. The number of carbonyl (C=O) groups excluding carboxylic acids is 1. The monoisotopic (exact) mass is 575 g/mol. The van der Waals surface area contributed by atoms with Crippen molar-refractivity contribution >= 4 is 39.9 Å². The van der Waals surface area contributed by atoms with Crippen molar-refractivity contribution in [3.05, 3.63) is 85.2 Å². The van der Waals surface area contributed by atoms with Crippen LogP contribution in [0.5, 0.6) is 11.6 Å². The van der Waals surface area contributed by atoms with Gasteiger partial charge in [-0.2, -0.15) is 0 Å². The van der Waals surface area contributed by atoms with Gasteiger partial charge in [-0.3, -0.25) is 14.2 Å². The number of anilines is 2. The lowest BCUT2D eigenvalue weighted by molar-refractivity contribution is -0.129. The van der Waals surface area contributed by atoms with E-state index in [1.54, 1.807) is 29.4 Å². The molecule has 0 radical (unpaired) electrons. The number of amides is 1. The molecule has 7 rings (SSSR count). The topological polar surface area (TPSA) is 132 Å². The molecule has 2 aromatic carbocycles. The lowest BCUT2D eigenvalue weighted by Gasteiger charge is -2.37. The van der Waals surface area contributed by atoms with E-state index in [9.17, 15) is 4.79 Å². The molecule has 12 heteroatoms. The molecule has 216 valence electrons. The van der Waals surface area contributed by atoms with Gasteiger partial charge < -0.3 is 19.7 Å². The predicted octanol–water partition coefficient (Wildman–Crippen LogP) is 4.43. The summed E-state index contributed by atoms with van der Waals surface area (Å²) in [5.74, 6) is 2.51. The number of nitrogens with one attached hydrogen (secondary N) is 1. The van der Waals surface area contributed by atoms with Crippen molar-refractivity contribution in [1.29, 1.82) is 0 Å². The first kappa shape index (κ1) is 26.5. The Labute approximate surface area is 247 Å². The quantitative estimate of drug-likeness (QED) is 0.280. The van der Waals surface area contributed by atoms with Crippen LogP contribution in [0.3, 0.4) is 0 Å². The van der Waals surface area contributed by atoms with Crippen LogP contribution in [0.25, 0.3) is 16.6 Å². The molecule has 0 atom stereocenters. The van der Waals surface area contributed by atoms with Crippen LogP contribution in [0.4, 0.5) is 11.5 Å². The molecule has 2 aliphatic rings. The van der Waals surface area contributed by atoms with Crippen LogP contribution in [-0.2, 0) is 16.0 Å². The molecule has 5 heterocycles. The van der Waals surface area contributed by atoms with Gasteiger partial charge in [0.15, 0.2) is 11.5 Å². The van der Waals surface area contributed by atoms with Crippen molar-refractivity contribution in [1.82, 2.24) is 34.4 Å². The molecule has 5 aromatic rings. The maximum absolute atomic E-state index is 12.0. The van der Waals surface area contributed by atoms with Gasteiger partial charge in [0.05, 0.1) is 12.1 Å². The molecular weight excluding hydrogens is 546 g/mol. The summed E-state index contributed by atoms with van der Waals surface area (Å²) in [6, 6.07) is 13.7. The van der Waals surface area contributed by atoms with Crippen LogP contribution in [-0.4, -0.2) is 71.5 Å². The van der Waals surface area contributed by atoms with Crippen LogP contribution in [0.2, 0.25) is 0 Å². The fourth-order valence-corrected chi connectivity index (χ4v) is 5.51. The number of benzene rings is 2. The minimum atomic E-state index is -0.326. The molecular formula is C31H29N9O3. The third kappa shape index (κ3) is 5.34. The van der Waals surface area contributed by atoms with Gasteiger partial charge in [-0.25, -0.2) is 15.0 Å². The Kier molecular flexibility index (Phi) is 6.65. The number of hydrogen-bond donors (Lipinski definition) is 1. The van der Waals surface area contributed by atoms with E-state index in [1.165, 1.54) is 6.08 Å².